The molecule has 3 N–H and O–H groups in total. The maximum atomic E-state index is 5.74. The molecular formula is C11H18N4S. The van der Waals surface area contributed by atoms with Crippen LogP contribution in [-0.4, -0.2) is 28.8 Å². The van der Waals surface area contributed by atoms with Crippen LogP contribution in [0.4, 0.5) is 5.82 Å². The Morgan fingerprint density at radius 2 is 2.06 bits per heavy atom. The van der Waals surface area contributed by atoms with Crippen molar-refractivity contribution < 1.29 is 0 Å². The number of nitrogens with zero attached hydrogens (tertiary/aromatic N) is 2. The number of anilines is 1. The summed E-state index contributed by atoms with van der Waals surface area (Å²) in [5.74, 6) is 2.51. The van der Waals surface area contributed by atoms with Crippen LogP contribution in [0.15, 0.2) is 17.4 Å². The van der Waals surface area contributed by atoms with Crippen LogP contribution < -0.4 is 11.1 Å². The predicted molar refractivity (Wildman–Crippen MR) is 67.4 cm³/mol. The average molecular weight is 238 g/mol. The molecule has 0 unspecified atom stereocenters. The lowest BCUT2D eigenvalue weighted by molar-refractivity contribution is 0.367. The third-order valence-corrected chi connectivity index (χ3v) is 3.94. The molecule has 16 heavy (non-hydrogen) atoms. The van der Waals surface area contributed by atoms with E-state index in [1.54, 1.807) is 24.2 Å². The van der Waals surface area contributed by atoms with E-state index in [2.05, 4.69) is 15.3 Å². The molecule has 0 saturated carbocycles. The van der Waals surface area contributed by atoms with Crippen LogP contribution in [0.25, 0.3) is 0 Å². The Morgan fingerprint density at radius 1 is 1.31 bits per heavy atom. The van der Waals surface area contributed by atoms with Crippen molar-refractivity contribution in [1.82, 2.24) is 15.3 Å². The number of nitrogens with one attached hydrogen (secondary N) is 1. The minimum absolute atomic E-state index is 0.554. The van der Waals surface area contributed by atoms with Gasteiger partial charge in [-0.25, -0.2) is 9.97 Å². The average Bonchev–Trinajstić information content (AvgIpc) is 2.33. The van der Waals surface area contributed by atoms with Gasteiger partial charge in [-0.15, -0.1) is 11.8 Å². The maximum Gasteiger partial charge on any atom is 0.156 e. The van der Waals surface area contributed by atoms with Crippen molar-refractivity contribution in [1.29, 1.82) is 0 Å². The molecule has 0 amide bonds. The molecule has 0 atom stereocenters. The van der Waals surface area contributed by atoms with Gasteiger partial charge in [0.1, 0.15) is 5.03 Å². The Labute approximate surface area is 100 Å². The minimum Gasteiger partial charge on any atom is -0.381 e. The second-order valence-electron chi connectivity index (χ2n) is 4.08. The molecule has 1 saturated heterocycles. The summed E-state index contributed by atoms with van der Waals surface area (Å²) in [6.07, 6.45) is 7.19. The second kappa shape index (κ2) is 6.06. The molecule has 1 fully saturated rings. The summed E-state index contributed by atoms with van der Waals surface area (Å²) in [7, 11) is 0. The normalized spacial score (nSPS) is 17.5. The number of hydrogen-bond donors (Lipinski definition) is 2. The van der Waals surface area contributed by atoms with E-state index in [0.29, 0.717) is 5.82 Å². The zero-order valence-corrected chi connectivity index (χ0v) is 10.2. The standard InChI is InChI=1S/C11H18N4S/c12-10-11(15-7-6-14-10)16-8-3-9-1-4-13-5-2-9/h6-7,9,13H,1-5,8H2,(H2,12,14). The summed E-state index contributed by atoms with van der Waals surface area (Å²) in [5, 5.41) is 4.25. The van der Waals surface area contributed by atoms with Crippen LogP contribution in [0, 0.1) is 5.92 Å². The van der Waals surface area contributed by atoms with Gasteiger partial charge in [-0.2, -0.15) is 0 Å². The number of thioether (sulfide) groups is 1. The first kappa shape index (κ1) is 11.7. The minimum atomic E-state index is 0.554. The van der Waals surface area contributed by atoms with Gasteiger partial charge in [0, 0.05) is 12.4 Å². The van der Waals surface area contributed by atoms with Crippen LogP contribution in [0.3, 0.4) is 0 Å². The van der Waals surface area contributed by atoms with Crippen molar-refractivity contribution in [2.45, 2.75) is 24.3 Å². The maximum absolute atomic E-state index is 5.74. The van der Waals surface area contributed by atoms with Crippen molar-refractivity contribution in [2.75, 3.05) is 24.6 Å². The van der Waals surface area contributed by atoms with Gasteiger partial charge in [0.25, 0.3) is 0 Å². The largest absolute Gasteiger partial charge is 0.381 e. The lowest BCUT2D eigenvalue weighted by Crippen LogP contribution is -2.27. The van der Waals surface area contributed by atoms with Crippen LogP contribution in [-0.2, 0) is 0 Å². The third kappa shape index (κ3) is 3.35. The summed E-state index contributed by atoms with van der Waals surface area (Å²) in [4.78, 5) is 8.25. The zero-order valence-electron chi connectivity index (χ0n) is 9.35. The molecule has 1 aliphatic rings. The molecule has 0 bridgehead atoms. The van der Waals surface area contributed by atoms with E-state index in [1.807, 2.05) is 0 Å². The van der Waals surface area contributed by atoms with Crippen molar-refractivity contribution in [3.8, 4) is 0 Å². The van der Waals surface area contributed by atoms with Gasteiger partial charge in [-0.3, -0.25) is 0 Å². The summed E-state index contributed by atoms with van der Waals surface area (Å²) in [5.41, 5.74) is 5.74. The monoisotopic (exact) mass is 238 g/mol. The number of nitrogens with two attached hydrogens (primary N) is 1. The second-order valence-corrected chi connectivity index (χ2v) is 5.16. The lowest BCUT2D eigenvalue weighted by Gasteiger charge is -2.22. The van der Waals surface area contributed by atoms with E-state index in [1.165, 1.54) is 32.4 Å². The molecule has 1 aromatic heterocycles. The molecular weight excluding hydrogens is 220 g/mol. The molecule has 0 aliphatic carbocycles. The molecule has 0 aromatic carbocycles. The molecule has 2 heterocycles. The SMILES string of the molecule is Nc1nccnc1SCCC1CCNCC1. The number of rotatable bonds is 4. The highest BCUT2D eigenvalue weighted by Gasteiger charge is 2.13. The molecule has 1 aromatic rings. The van der Waals surface area contributed by atoms with Crippen molar-refractivity contribution in [2.24, 2.45) is 5.92 Å². The van der Waals surface area contributed by atoms with Crippen LogP contribution in [0.5, 0.6) is 0 Å². The van der Waals surface area contributed by atoms with E-state index in [-0.39, 0.29) is 0 Å². The van der Waals surface area contributed by atoms with Crippen LogP contribution in [0.2, 0.25) is 0 Å². The highest BCUT2D eigenvalue weighted by Crippen LogP contribution is 2.24. The summed E-state index contributed by atoms with van der Waals surface area (Å²) >= 11 is 1.72. The van der Waals surface area contributed by atoms with Gasteiger partial charge in [-0.1, -0.05) is 0 Å². The lowest BCUT2D eigenvalue weighted by atomic mass is 9.96. The fourth-order valence-electron chi connectivity index (χ4n) is 1.94. The molecule has 4 nitrogen and oxygen atoms in total. The van der Waals surface area contributed by atoms with Gasteiger partial charge in [0.2, 0.25) is 0 Å². The van der Waals surface area contributed by atoms with Gasteiger partial charge in [0.15, 0.2) is 5.82 Å². The van der Waals surface area contributed by atoms with E-state index >= 15 is 0 Å². The molecule has 2 rings (SSSR count). The summed E-state index contributed by atoms with van der Waals surface area (Å²) in [6, 6.07) is 0. The van der Waals surface area contributed by atoms with Crippen molar-refractivity contribution >= 4 is 17.6 Å². The highest BCUT2D eigenvalue weighted by atomic mass is 32.2. The van der Waals surface area contributed by atoms with E-state index in [4.69, 9.17) is 5.73 Å². The van der Waals surface area contributed by atoms with Crippen molar-refractivity contribution in [3.05, 3.63) is 12.4 Å². The first-order chi connectivity index (χ1) is 7.86. The first-order valence-electron chi connectivity index (χ1n) is 5.76. The smallest absolute Gasteiger partial charge is 0.156 e. The molecule has 5 heteroatoms. The first-order valence-corrected chi connectivity index (χ1v) is 6.75. The van der Waals surface area contributed by atoms with Gasteiger partial charge in [-0.05, 0) is 44.0 Å². The molecule has 1 aliphatic heterocycles. The number of nitrogen functional groups attached to an aromatic ring is 1. The number of piperidine rings is 1. The Balaban J connectivity index is 1.73. The third-order valence-electron chi connectivity index (χ3n) is 2.91. The fourth-order valence-corrected chi connectivity index (χ4v) is 2.92. The fraction of sp³-hybridized carbons (Fsp3) is 0.636. The number of hydrogen-bond acceptors (Lipinski definition) is 5. The Morgan fingerprint density at radius 3 is 2.81 bits per heavy atom. The Bertz CT molecular complexity index is 326. The molecule has 0 spiro atoms. The summed E-state index contributed by atoms with van der Waals surface area (Å²) in [6.45, 7) is 2.34. The zero-order chi connectivity index (χ0) is 11.2. The van der Waals surface area contributed by atoms with Gasteiger partial charge < -0.3 is 11.1 Å². The molecule has 88 valence electrons. The van der Waals surface area contributed by atoms with Crippen LogP contribution >= 0.6 is 11.8 Å². The van der Waals surface area contributed by atoms with Crippen LogP contribution in [0.1, 0.15) is 19.3 Å². The Kier molecular flexibility index (Phi) is 4.42. The van der Waals surface area contributed by atoms with Gasteiger partial charge >= 0.3 is 0 Å². The van der Waals surface area contributed by atoms with Gasteiger partial charge in [0.05, 0.1) is 0 Å². The summed E-state index contributed by atoms with van der Waals surface area (Å²) < 4.78 is 0. The van der Waals surface area contributed by atoms with E-state index < -0.39 is 0 Å². The Hall–Kier alpha value is -0.810. The van der Waals surface area contributed by atoms with Crippen molar-refractivity contribution in [3.63, 3.8) is 0 Å². The topological polar surface area (TPSA) is 63.8 Å². The van der Waals surface area contributed by atoms with E-state index in [9.17, 15) is 0 Å². The predicted octanol–water partition coefficient (Wildman–Crippen LogP) is 1.54. The number of aromatic nitrogens is 2. The quantitative estimate of drug-likeness (QED) is 0.779. The highest BCUT2D eigenvalue weighted by molar-refractivity contribution is 7.99. The van der Waals surface area contributed by atoms with E-state index in [0.717, 1.165) is 16.7 Å². The molecule has 0 radical (unpaired) electrons.